The first kappa shape index (κ1) is 17.4. The second-order valence-corrected chi connectivity index (χ2v) is 6.40. The van der Waals surface area contributed by atoms with Crippen LogP contribution in [-0.2, 0) is 12.7 Å². The molecule has 25 heavy (non-hydrogen) atoms. The van der Waals surface area contributed by atoms with Gasteiger partial charge in [0, 0.05) is 17.1 Å². The first-order chi connectivity index (χ1) is 11.7. The molecule has 0 amide bonds. The lowest BCUT2D eigenvalue weighted by atomic mass is 10.1. The highest BCUT2D eigenvalue weighted by Crippen LogP contribution is 2.37. The third kappa shape index (κ3) is 3.83. The van der Waals surface area contributed by atoms with E-state index in [0.717, 1.165) is 6.07 Å². The minimum atomic E-state index is -4.55. The molecule has 0 aliphatic heterocycles. The average Bonchev–Trinajstić information content (AvgIpc) is 3.16. The van der Waals surface area contributed by atoms with E-state index in [2.05, 4.69) is 10.1 Å². The second kappa shape index (κ2) is 6.49. The van der Waals surface area contributed by atoms with E-state index < -0.39 is 17.7 Å². The molecule has 0 bridgehead atoms. The number of carboxylic acid groups (broad SMARTS) is 1. The third-order valence-electron chi connectivity index (χ3n) is 3.30. The summed E-state index contributed by atoms with van der Waals surface area (Å²) in [7, 11) is 0. The van der Waals surface area contributed by atoms with Crippen molar-refractivity contribution in [3.8, 4) is 11.3 Å². The van der Waals surface area contributed by atoms with Crippen molar-refractivity contribution in [2.45, 2.75) is 12.7 Å². The summed E-state index contributed by atoms with van der Waals surface area (Å²) in [4.78, 5) is 15.1. The molecular formula is C15H9ClF3N3O2S. The maximum Gasteiger partial charge on any atom is 0.417 e. The molecule has 2 aromatic heterocycles. The van der Waals surface area contributed by atoms with Crippen LogP contribution in [0.2, 0.25) is 5.02 Å². The Kier molecular flexibility index (Phi) is 4.53. The molecule has 0 aliphatic carbocycles. The van der Waals surface area contributed by atoms with Gasteiger partial charge in [-0.15, -0.1) is 11.3 Å². The lowest BCUT2D eigenvalue weighted by Gasteiger charge is -2.09. The van der Waals surface area contributed by atoms with E-state index in [4.69, 9.17) is 16.7 Å². The Morgan fingerprint density at radius 2 is 2.12 bits per heavy atom. The van der Waals surface area contributed by atoms with E-state index in [9.17, 15) is 18.0 Å². The number of hydrogen-bond acceptors (Lipinski definition) is 4. The number of aromatic carboxylic acids is 1. The van der Waals surface area contributed by atoms with Gasteiger partial charge in [0.1, 0.15) is 5.01 Å². The molecule has 10 heteroatoms. The Hall–Kier alpha value is -2.39. The van der Waals surface area contributed by atoms with Gasteiger partial charge in [0.05, 0.1) is 34.6 Å². The number of carbonyl (C=O) groups is 1. The zero-order chi connectivity index (χ0) is 18.2. The maximum absolute atomic E-state index is 12.9. The van der Waals surface area contributed by atoms with Crippen molar-refractivity contribution in [3.05, 3.63) is 57.1 Å². The van der Waals surface area contributed by atoms with Gasteiger partial charge in [-0.2, -0.15) is 18.3 Å². The number of nitrogens with zero attached hydrogens (tertiary/aromatic N) is 3. The first-order valence-electron chi connectivity index (χ1n) is 6.81. The van der Waals surface area contributed by atoms with Crippen LogP contribution in [0.4, 0.5) is 13.2 Å². The predicted octanol–water partition coefficient (Wildman–Crippen LogP) is 4.43. The molecule has 1 N–H and O–H groups in total. The summed E-state index contributed by atoms with van der Waals surface area (Å²) in [6.45, 7) is 0.220. The Morgan fingerprint density at radius 1 is 1.36 bits per heavy atom. The largest absolute Gasteiger partial charge is 0.478 e. The van der Waals surface area contributed by atoms with Crippen molar-refractivity contribution in [1.82, 2.24) is 14.8 Å². The smallest absolute Gasteiger partial charge is 0.417 e. The molecule has 0 unspecified atom stereocenters. The fraction of sp³-hybridized carbons (Fsp3) is 0.133. The van der Waals surface area contributed by atoms with Crippen molar-refractivity contribution in [3.63, 3.8) is 0 Å². The zero-order valence-corrected chi connectivity index (χ0v) is 13.9. The minimum Gasteiger partial charge on any atom is -0.478 e. The van der Waals surface area contributed by atoms with E-state index in [0.29, 0.717) is 16.3 Å². The van der Waals surface area contributed by atoms with E-state index >= 15 is 0 Å². The van der Waals surface area contributed by atoms with Crippen molar-refractivity contribution < 1.29 is 23.1 Å². The van der Waals surface area contributed by atoms with Gasteiger partial charge in [-0.3, -0.25) is 4.68 Å². The maximum atomic E-state index is 12.9. The standard InChI is InChI=1S/C15H9ClF3N3O2S/c16-11-2-1-8(3-10(11)15(17,18)19)12-7-25-13(21-12)6-22-5-9(4-20-22)14(23)24/h1-5,7H,6H2,(H,23,24). The van der Waals surface area contributed by atoms with Crippen LogP contribution in [0.5, 0.6) is 0 Å². The van der Waals surface area contributed by atoms with Gasteiger partial charge < -0.3 is 5.11 Å². The van der Waals surface area contributed by atoms with E-state index in [1.165, 1.54) is 40.5 Å². The molecule has 3 rings (SSSR count). The van der Waals surface area contributed by atoms with E-state index in [1.807, 2.05) is 0 Å². The number of thiazole rings is 1. The molecule has 0 spiro atoms. The molecule has 0 fully saturated rings. The number of rotatable bonds is 4. The van der Waals surface area contributed by atoms with Gasteiger partial charge in [-0.25, -0.2) is 9.78 Å². The predicted molar refractivity (Wildman–Crippen MR) is 85.9 cm³/mol. The first-order valence-corrected chi connectivity index (χ1v) is 8.07. The van der Waals surface area contributed by atoms with Gasteiger partial charge >= 0.3 is 12.1 Å². The van der Waals surface area contributed by atoms with Gasteiger partial charge in [0.25, 0.3) is 0 Å². The van der Waals surface area contributed by atoms with Crippen molar-refractivity contribution in [1.29, 1.82) is 0 Å². The van der Waals surface area contributed by atoms with E-state index in [1.54, 1.807) is 5.38 Å². The monoisotopic (exact) mass is 387 g/mol. The summed E-state index contributed by atoms with van der Waals surface area (Å²) < 4.78 is 40.2. The van der Waals surface area contributed by atoms with Crippen LogP contribution in [0.25, 0.3) is 11.3 Å². The highest BCUT2D eigenvalue weighted by atomic mass is 35.5. The Morgan fingerprint density at radius 3 is 2.76 bits per heavy atom. The summed E-state index contributed by atoms with van der Waals surface area (Å²) in [5, 5.41) is 14.6. The number of carboxylic acids is 1. The summed E-state index contributed by atoms with van der Waals surface area (Å²) in [6, 6.07) is 3.61. The molecule has 0 radical (unpaired) electrons. The Balaban J connectivity index is 1.85. The number of benzene rings is 1. The van der Waals surface area contributed by atoms with Crippen molar-refractivity contribution in [2.75, 3.05) is 0 Å². The highest BCUT2D eigenvalue weighted by molar-refractivity contribution is 7.09. The second-order valence-electron chi connectivity index (χ2n) is 5.05. The summed E-state index contributed by atoms with van der Waals surface area (Å²) in [5.41, 5.74) is -0.192. The fourth-order valence-corrected chi connectivity index (χ4v) is 3.14. The Bertz CT molecular complexity index is 936. The third-order valence-corrected chi connectivity index (χ3v) is 4.46. The van der Waals surface area contributed by atoms with Crippen LogP contribution in [0.15, 0.2) is 36.0 Å². The SMILES string of the molecule is O=C(O)c1cnn(Cc2nc(-c3ccc(Cl)c(C(F)(F)F)c3)cs2)c1. The molecule has 0 saturated carbocycles. The molecule has 1 aromatic carbocycles. The minimum absolute atomic E-state index is 0.0456. The van der Waals surface area contributed by atoms with Crippen LogP contribution >= 0.6 is 22.9 Å². The van der Waals surface area contributed by atoms with Crippen molar-refractivity contribution >= 4 is 28.9 Å². The van der Waals surface area contributed by atoms with Gasteiger partial charge in [-0.1, -0.05) is 17.7 Å². The fourth-order valence-electron chi connectivity index (χ4n) is 2.12. The molecular weight excluding hydrogens is 379 g/mol. The molecule has 2 heterocycles. The number of halogens is 4. The lowest BCUT2D eigenvalue weighted by Crippen LogP contribution is -2.06. The van der Waals surface area contributed by atoms with Crippen molar-refractivity contribution in [2.24, 2.45) is 0 Å². The van der Waals surface area contributed by atoms with Gasteiger partial charge in [0.2, 0.25) is 0 Å². The van der Waals surface area contributed by atoms with Crippen LogP contribution in [-0.4, -0.2) is 25.8 Å². The van der Waals surface area contributed by atoms with Gasteiger partial charge in [0.15, 0.2) is 0 Å². The molecule has 0 aliphatic rings. The average molecular weight is 388 g/mol. The number of aromatic nitrogens is 3. The molecule has 5 nitrogen and oxygen atoms in total. The van der Waals surface area contributed by atoms with Crippen LogP contribution in [0, 0.1) is 0 Å². The lowest BCUT2D eigenvalue weighted by molar-refractivity contribution is -0.137. The number of hydrogen-bond donors (Lipinski definition) is 1. The highest BCUT2D eigenvalue weighted by Gasteiger charge is 2.33. The van der Waals surface area contributed by atoms with Gasteiger partial charge in [-0.05, 0) is 12.1 Å². The summed E-state index contributed by atoms with van der Waals surface area (Å²) in [6.07, 6.45) is -1.98. The topological polar surface area (TPSA) is 68.0 Å². The normalized spacial score (nSPS) is 11.7. The number of alkyl halides is 3. The van der Waals surface area contributed by atoms with Crippen LogP contribution in [0.3, 0.4) is 0 Å². The van der Waals surface area contributed by atoms with Crippen LogP contribution in [0.1, 0.15) is 20.9 Å². The Labute approximate surface area is 148 Å². The summed E-state index contributed by atoms with van der Waals surface area (Å²) >= 11 is 6.85. The summed E-state index contributed by atoms with van der Waals surface area (Å²) in [5.74, 6) is -1.09. The molecule has 0 atom stereocenters. The molecule has 130 valence electrons. The zero-order valence-electron chi connectivity index (χ0n) is 12.3. The van der Waals surface area contributed by atoms with E-state index in [-0.39, 0.29) is 17.1 Å². The molecule has 0 saturated heterocycles. The van der Waals surface area contributed by atoms with Crippen LogP contribution < -0.4 is 0 Å². The quantitative estimate of drug-likeness (QED) is 0.719. The molecule has 3 aromatic rings.